The number of hydrogen-bond donors (Lipinski definition) is 0. The molecule has 0 aromatic rings. The van der Waals surface area contributed by atoms with Gasteiger partial charge in [-0.3, -0.25) is 0 Å². The van der Waals surface area contributed by atoms with Crippen LogP contribution in [0.3, 0.4) is 0 Å². The average Bonchev–Trinajstić information content (AvgIpc) is 2.46. The lowest BCUT2D eigenvalue weighted by atomic mass is 10.0. The molecule has 0 N–H and O–H groups in total. The molecule has 0 aromatic heterocycles. The van der Waals surface area contributed by atoms with Gasteiger partial charge >= 0.3 is 0 Å². The standard InChI is InChI=1S/3C8H16/c3*1-2-4-6-8-7-5-3-1/h3*1-8H2. The fourth-order valence-corrected chi connectivity index (χ4v) is 4.24. The fraction of sp³-hybridized carbons (Fsp3) is 1.00. The maximum Gasteiger partial charge on any atom is -0.0533 e. The summed E-state index contributed by atoms with van der Waals surface area (Å²) in [6.07, 6.45) is 36.0. The van der Waals surface area contributed by atoms with Crippen molar-refractivity contribution in [3.8, 4) is 0 Å². The van der Waals surface area contributed by atoms with Gasteiger partial charge in [-0.05, 0) is 0 Å². The van der Waals surface area contributed by atoms with Crippen LogP contribution >= 0.6 is 0 Å². The maximum absolute atomic E-state index is 1.50. The summed E-state index contributed by atoms with van der Waals surface area (Å²) in [5.74, 6) is 0. The van der Waals surface area contributed by atoms with Crippen LogP contribution in [0.25, 0.3) is 0 Å². The smallest absolute Gasteiger partial charge is 0.0533 e. The Balaban J connectivity index is 0.000000180. The van der Waals surface area contributed by atoms with Crippen molar-refractivity contribution in [2.24, 2.45) is 0 Å². The highest BCUT2D eigenvalue weighted by molar-refractivity contribution is 4.52. The molecule has 0 atom stereocenters. The molecule has 0 spiro atoms. The first kappa shape index (κ1) is 22.0. The first-order valence-electron chi connectivity index (χ1n) is 12.0. The van der Waals surface area contributed by atoms with Crippen molar-refractivity contribution < 1.29 is 0 Å². The Morgan fingerprint density at radius 2 is 0.125 bits per heavy atom. The van der Waals surface area contributed by atoms with Crippen LogP contribution in [0.15, 0.2) is 0 Å². The van der Waals surface area contributed by atoms with Crippen molar-refractivity contribution in [3.05, 3.63) is 0 Å². The first-order valence-corrected chi connectivity index (χ1v) is 12.0. The Hall–Kier alpha value is 0. The molecule has 0 bridgehead atoms. The van der Waals surface area contributed by atoms with Gasteiger partial charge in [0.05, 0.1) is 0 Å². The topological polar surface area (TPSA) is 0 Å². The minimum atomic E-state index is 1.50. The van der Waals surface area contributed by atoms with Gasteiger partial charge in [-0.1, -0.05) is 154 Å². The van der Waals surface area contributed by atoms with Crippen LogP contribution in [-0.4, -0.2) is 0 Å². The maximum atomic E-state index is 1.50. The third-order valence-electron chi connectivity index (χ3n) is 6.00. The molecule has 3 fully saturated rings. The van der Waals surface area contributed by atoms with E-state index in [0.717, 1.165) is 0 Å². The van der Waals surface area contributed by atoms with Crippen LogP contribution in [0.5, 0.6) is 0 Å². The molecule has 0 saturated heterocycles. The van der Waals surface area contributed by atoms with Crippen LogP contribution in [0.4, 0.5) is 0 Å². The lowest BCUT2D eigenvalue weighted by molar-refractivity contribution is 0.504. The minimum absolute atomic E-state index is 1.50. The third-order valence-corrected chi connectivity index (χ3v) is 6.00. The van der Waals surface area contributed by atoms with E-state index in [9.17, 15) is 0 Å². The lowest BCUT2D eigenvalue weighted by Crippen LogP contribution is -1.85. The SMILES string of the molecule is C1CCCCCCC1.C1CCCCCCC1.C1CCCCCCC1. The zero-order chi connectivity index (χ0) is 17.0. The molecule has 0 amide bonds. The summed E-state index contributed by atoms with van der Waals surface area (Å²) in [4.78, 5) is 0. The highest BCUT2D eigenvalue weighted by Gasteiger charge is 1.97. The second kappa shape index (κ2) is 19.3. The summed E-state index contributed by atoms with van der Waals surface area (Å²) >= 11 is 0. The Morgan fingerprint density at radius 1 is 0.0833 bits per heavy atom. The van der Waals surface area contributed by atoms with Gasteiger partial charge in [-0.2, -0.15) is 0 Å². The van der Waals surface area contributed by atoms with Crippen molar-refractivity contribution >= 4 is 0 Å². The van der Waals surface area contributed by atoms with E-state index in [0.29, 0.717) is 0 Å². The molecule has 0 aliphatic heterocycles. The zero-order valence-corrected chi connectivity index (χ0v) is 17.0. The Labute approximate surface area is 154 Å². The van der Waals surface area contributed by atoms with E-state index in [1.165, 1.54) is 154 Å². The van der Waals surface area contributed by atoms with Crippen molar-refractivity contribution in [2.45, 2.75) is 154 Å². The van der Waals surface area contributed by atoms with Gasteiger partial charge in [0.15, 0.2) is 0 Å². The van der Waals surface area contributed by atoms with Crippen LogP contribution in [-0.2, 0) is 0 Å². The van der Waals surface area contributed by atoms with E-state index in [1.807, 2.05) is 0 Å². The summed E-state index contributed by atoms with van der Waals surface area (Å²) in [5.41, 5.74) is 0. The summed E-state index contributed by atoms with van der Waals surface area (Å²) in [5, 5.41) is 0. The normalized spacial score (nSPS) is 24.0. The van der Waals surface area contributed by atoms with Gasteiger partial charge in [0, 0.05) is 0 Å². The predicted octanol–water partition coefficient (Wildman–Crippen LogP) is 9.36. The van der Waals surface area contributed by atoms with Crippen molar-refractivity contribution in [1.82, 2.24) is 0 Å². The Morgan fingerprint density at radius 3 is 0.167 bits per heavy atom. The molecule has 0 aromatic carbocycles. The van der Waals surface area contributed by atoms with Gasteiger partial charge in [0.2, 0.25) is 0 Å². The highest BCUT2D eigenvalue weighted by Crippen LogP contribution is 2.17. The molecule has 24 heavy (non-hydrogen) atoms. The quantitative estimate of drug-likeness (QED) is 0.413. The molecular weight excluding hydrogens is 288 g/mol. The van der Waals surface area contributed by atoms with E-state index in [2.05, 4.69) is 0 Å². The summed E-state index contributed by atoms with van der Waals surface area (Å²) < 4.78 is 0. The van der Waals surface area contributed by atoms with Gasteiger partial charge in [-0.25, -0.2) is 0 Å². The van der Waals surface area contributed by atoms with Gasteiger partial charge < -0.3 is 0 Å². The molecule has 0 heterocycles. The fourth-order valence-electron chi connectivity index (χ4n) is 4.24. The molecule has 144 valence electrons. The van der Waals surface area contributed by atoms with Crippen LogP contribution in [0.2, 0.25) is 0 Å². The second-order valence-corrected chi connectivity index (χ2v) is 8.49. The van der Waals surface area contributed by atoms with Crippen molar-refractivity contribution in [3.63, 3.8) is 0 Å². The first-order chi connectivity index (χ1) is 12.0. The highest BCUT2D eigenvalue weighted by atomic mass is 14.0. The summed E-state index contributed by atoms with van der Waals surface area (Å²) in [7, 11) is 0. The van der Waals surface area contributed by atoms with Gasteiger partial charge in [0.1, 0.15) is 0 Å². The van der Waals surface area contributed by atoms with E-state index in [1.54, 1.807) is 0 Å². The van der Waals surface area contributed by atoms with Crippen molar-refractivity contribution in [1.29, 1.82) is 0 Å². The number of rotatable bonds is 0. The van der Waals surface area contributed by atoms with E-state index in [-0.39, 0.29) is 0 Å². The molecule has 3 rings (SSSR count). The van der Waals surface area contributed by atoms with E-state index < -0.39 is 0 Å². The van der Waals surface area contributed by atoms with Gasteiger partial charge in [-0.15, -0.1) is 0 Å². The Bertz CT molecular complexity index is 110. The summed E-state index contributed by atoms with van der Waals surface area (Å²) in [6.45, 7) is 0. The van der Waals surface area contributed by atoms with Crippen LogP contribution < -0.4 is 0 Å². The third kappa shape index (κ3) is 16.8. The van der Waals surface area contributed by atoms with E-state index >= 15 is 0 Å². The molecular formula is C24H48. The average molecular weight is 337 g/mol. The molecule has 0 unspecified atom stereocenters. The molecule has 3 saturated carbocycles. The van der Waals surface area contributed by atoms with Crippen LogP contribution in [0, 0.1) is 0 Å². The predicted molar refractivity (Wildman–Crippen MR) is 111 cm³/mol. The van der Waals surface area contributed by atoms with Gasteiger partial charge in [0.25, 0.3) is 0 Å². The largest absolute Gasteiger partial charge is 0.0533 e. The van der Waals surface area contributed by atoms with Crippen molar-refractivity contribution in [2.75, 3.05) is 0 Å². The zero-order valence-electron chi connectivity index (χ0n) is 17.0. The monoisotopic (exact) mass is 336 g/mol. The minimum Gasteiger partial charge on any atom is -0.0533 e. The molecule has 3 aliphatic carbocycles. The molecule has 0 nitrogen and oxygen atoms in total. The molecule has 0 radical (unpaired) electrons. The van der Waals surface area contributed by atoms with Crippen LogP contribution in [0.1, 0.15) is 154 Å². The Kier molecular flexibility index (Phi) is 17.7. The molecule has 3 aliphatic rings. The second-order valence-electron chi connectivity index (χ2n) is 8.49. The lowest BCUT2D eigenvalue weighted by Gasteiger charge is -2.05. The summed E-state index contributed by atoms with van der Waals surface area (Å²) in [6, 6.07) is 0. The van der Waals surface area contributed by atoms with E-state index in [4.69, 9.17) is 0 Å². The molecule has 0 heteroatoms. The number of hydrogen-bond acceptors (Lipinski definition) is 0.